The van der Waals surface area contributed by atoms with Gasteiger partial charge in [-0.3, -0.25) is 0 Å². The fourth-order valence-corrected chi connectivity index (χ4v) is 1.88. The first kappa shape index (κ1) is 12.0. The van der Waals surface area contributed by atoms with E-state index in [0.717, 1.165) is 16.1 Å². The smallest absolute Gasteiger partial charge is 0.115 e. The first-order valence-corrected chi connectivity index (χ1v) is 5.82. The van der Waals surface area contributed by atoms with Gasteiger partial charge in [-0.1, -0.05) is 11.6 Å². The zero-order valence-corrected chi connectivity index (χ0v) is 11.3. The van der Waals surface area contributed by atoms with Crippen molar-refractivity contribution >= 4 is 28.7 Å². The Hall–Kier alpha value is -1.48. The van der Waals surface area contributed by atoms with Gasteiger partial charge in [0, 0.05) is 33.2 Å². The first-order valence-electron chi connectivity index (χ1n) is 5.44. The Kier molecular flexibility index (Phi) is 3.11. The molecule has 0 aromatic heterocycles. The van der Waals surface area contributed by atoms with Crippen LogP contribution in [0.4, 0.5) is 17.1 Å². The average molecular weight is 250 g/mol. The van der Waals surface area contributed by atoms with E-state index in [4.69, 9.17) is 11.6 Å². The van der Waals surface area contributed by atoms with Crippen LogP contribution in [0, 0.1) is 0 Å². The fourth-order valence-electron chi connectivity index (χ4n) is 1.76. The van der Waals surface area contributed by atoms with Crippen LogP contribution in [0.1, 0.15) is 0 Å². The second-order valence-corrected chi connectivity index (χ2v) is 4.86. The molecule has 2 aromatic carbocycles. The predicted molar refractivity (Wildman–Crippen MR) is 74.1 cm³/mol. The van der Waals surface area contributed by atoms with E-state index in [1.807, 2.05) is 52.5 Å². The van der Waals surface area contributed by atoms with E-state index in [1.54, 1.807) is 0 Å². The van der Waals surface area contributed by atoms with Crippen LogP contribution in [0.15, 0.2) is 29.3 Å². The van der Waals surface area contributed by atoms with Crippen LogP contribution in [0.2, 0.25) is 5.02 Å². The molecule has 3 nitrogen and oxygen atoms in total. The van der Waals surface area contributed by atoms with Gasteiger partial charge < -0.3 is 9.80 Å². The van der Waals surface area contributed by atoms with Crippen LogP contribution in [0.5, 0.6) is 0 Å². The third kappa shape index (κ3) is 2.44. The van der Waals surface area contributed by atoms with E-state index in [0.29, 0.717) is 0 Å². The van der Waals surface area contributed by atoms with Gasteiger partial charge in [0.05, 0.1) is 17.1 Å². The van der Waals surface area contributed by atoms with Crippen molar-refractivity contribution in [3.05, 3.63) is 34.6 Å². The second-order valence-electron chi connectivity index (χ2n) is 4.42. The molecule has 0 bridgehead atoms. The summed E-state index contributed by atoms with van der Waals surface area (Å²) in [5.41, 5.74) is 3.33. The van der Waals surface area contributed by atoms with Gasteiger partial charge in [-0.2, -0.15) is 0 Å². The lowest BCUT2D eigenvalue weighted by Gasteiger charge is -2.07. The molecule has 0 spiro atoms. The molecule has 0 atom stereocenters. The SMILES string of the molecule is CN(C)c1c(N(C)C)c1=Nc1ccc(Cl)cc1. The zero-order valence-electron chi connectivity index (χ0n) is 10.5. The Bertz CT molecular complexity index is 508. The van der Waals surface area contributed by atoms with Crippen molar-refractivity contribution in [3.8, 4) is 0 Å². The topological polar surface area (TPSA) is 18.8 Å². The van der Waals surface area contributed by atoms with E-state index >= 15 is 0 Å². The van der Waals surface area contributed by atoms with Crippen molar-refractivity contribution in [3.63, 3.8) is 0 Å². The molecule has 2 rings (SSSR count). The maximum absolute atomic E-state index is 5.85. The van der Waals surface area contributed by atoms with Gasteiger partial charge in [-0.15, -0.1) is 0 Å². The van der Waals surface area contributed by atoms with Crippen LogP contribution in [-0.2, 0) is 0 Å². The highest BCUT2D eigenvalue weighted by Gasteiger charge is 2.23. The number of hydrogen-bond acceptors (Lipinski definition) is 3. The van der Waals surface area contributed by atoms with Gasteiger partial charge in [-0.25, -0.2) is 4.99 Å². The lowest BCUT2D eigenvalue weighted by molar-refractivity contribution is 1.12. The Morgan fingerprint density at radius 1 is 0.882 bits per heavy atom. The van der Waals surface area contributed by atoms with Crippen LogP contribution in [0.25, 0.3) is 0 Å². The number of nitrogens with zero attached hydrogens (tertiary/aromatic N) is 3. The molecule has 2 aromatic rings. The van der Waals surface area contributed by atoms with Crippen molar-refractivity contribution in [2.45, 2.75) is 0 Å². The largest absolute Gasteiger partial charge is 0.374 e. The lowest BCUT2D eigenvalue weighted by atomic mass is 10.3. The highest BCUT2D eigenvalue weighted by molar-refractivity contribution is 6.30. The third-order valence-electron chi connectivity index (χ3n) is 2.57. The van der Waals surface area contributed by atoms with Crippen LogP contribution in [0.3, 0.4) is 0 Å². The summed E-state index contributed by atoms with van der Waals surface area (Å²) in [5.74, 6) is 0. The normalized spacial score (nSPS) is 10.6. The molecule has 0 aliphatic rings. The quantitative estimate of drug-likeness (QED) is 0.833. The number of hydrogen-bond donors (Lipinski definition) is 0. The van der Waals surface area contributed by atoms with Gasteiger partial charge >= 0.3 is 0 Å². The van der Waals surface area contributed by atoms with Crippen molar-refractivity contribution in [2.24, 2.45) is 4.99 Å². The highest BCUT2D eigenvalue weighted by atomic mass is 35.5. The fraction of sp³-hybridized carbons (Fsp3) is 0.308. The van der Waals surface area contributed by atoms with E-state index in [2.05, 4.69) is 14.8 Å². The molecule has 0 saturated carbocycles. The summed E-state index contributed by atoms with van der Waals surface area (Å²) in [6.07, 6.45) is 0. The molecule has 0 radical (unpaired) electrons. The minimum absolute atomic E-state index is 0.735. The molecule has 0 heterocycles. The summed E-state index contributed by atoms with van der Waals surface area (Å²) in [7, 11) is 8.12. The van der Waals surface area contributed by atoms with Crippen LogP contribution in [-0.4, -0.2) is 28.2 Å². The monoisotopic (exact) mass is 249 g/mol. The molecule has 0 aliphatic carbocycles. The predicted octanol–water partition coefficient (Wildman–Crippen LogP) is 2.58. The van der Waals surface area contributed by atoms with Gasteiger partial charge in [0.1, 0.15) is 5.36 Å². The molecular formula is C13H16ClN3. The molecule has 17 heavy (non-hydrogen) atoms. The minimum Gasteiger partial charge on any atom is -0.374 e. The zero-order chi connectivity index (χ0) is 12.6. The Labute approximate surface area is 107 Å². The first-order chi connectivity index (χ1) is 8.00. The molecule has 4 heteroatoms. The number of halogens is 1. The Morgan fingerprint density at radius 3 is 1.76 bits per heavy atom. The van der Waals surface area contributed by atoms with E-state index in [9.17, 15) is 0 Å². The summed E-state index contributed by atoms with van der Waals surface area (Å²) in [5, 5.41) is 1.79. The molecular weight excluding hydrogens is 234 g/mol. The van der Waals surface area contributed by atoms with Crippen molar-refractivity contribution in [1.29, 1.82) is 0 Å². The van der Waals surface area contributed by atoms with E-state index in [1.165, 1.54) is 11.4 Å². The molecule has 0 fully saturated rings. The summed E-state index contributed by atoms with van der Waals surface area (Å²) in [4.78, 5) is 8.79. The second kappa shape index (κ2) is 4.41. The molecule has 0 unspecified atom stereocenters. The maximum atomic E-state index is 5.85. The number of benzene rings is 1. The Morgan fingerprint density at radius 2 is 1.35 bits per heavy atom. The molecule has 0 amide bonds. The van der Waals surface area contributed by atoms with Crippen LogP contribution >= 0.6 is 11.6 Å². The molecule has 0 saturated heterocycles. The Balaban J connectivity index is 2.36. The number of anilines is 2. The highest BCUT2D eigenvalue weighted by Crippen LogP contribution is 2.30. The van der Waals surface area contributed by atoms with Crippen molar-refractivity contribution in [1.82, 2.24) is 0 Å². The third-order valence-corrected chi connectivity index (χ3v) is 2.82. The summed E-state index contributed by atoms with van der Waals surface area (Å²) in [6, 6.07) is 7.56. The van der Waals surface area contributed by atoms with Crippen LogP contribution < -0.4 is 15.2 Å². The van der Waals surface area contributed by atoms with Gasteiger partial charge in [0.15, 0.2) is 0 Å². The number of rotatable bonds is 3. The minimum atomic E-state index is 0.735. The average Bonchev–Trinajstić information content (AvgIpc) is 2.96. The lowest BCUT2D eigenvalue weighted by Crippen LogP contribution is -2.08. The summed E-state index contributed by atoms with van der Waals surface area (Å²) >= 11 is 5.85. The van der Waals surface area contributed by atoms with E-state index < -0.39 is 0 Å². The van der Waals surface area contributed by atoms with Crippen molar-refractivity contribution < 1.29 is 0 Å². The van der Waals surface area contributed by atoms with Crippen molar-refractivity contribution in [2.75, 3.05) is 38.0 Å². The van der Waals surface area contributed by atoms with Gasteiger partial charge in [-0.05, 0) is 24.3 Å². The molecule has 0 N–H and O–H groups in total. The summed E-state index contributed by atoms with van der Waals surface area (Å²) < 4.78 is 0. The molecule has 90 valence electrons. The summed E-state index contributed by atoms with van der Waals surface area (Å²) in [6.45, 7) is 0. The maximum Gasteiger partial charge on any atom is 0.115 e. The van der Waals surface area contributed by atoms with E-state index in [-0.39, 0.29) is 0 Å². The standard InChI is InChI=1S/C13H16ClN3/c1-16(2)12-11(13(12)17(3)4)15-10-7-5-9(14)6-8-10/h5-8H,1-4H3. The van der Waals surface area contributed by atoms with Gasteiger partial charge in [0.25, 0.3) is 0 Å². The van der Waals surface area contributed by atoms with Gasteiger partial charge in [0.2, 0.25) is 0 Å². The molecule has 0 aliphatic heterocycles.